The third kappa shape index (κ3) is 6.20. The second kappa shape index (κ2) is 8.75. The Kier molecular flexibility index (Phi) is 7.31. The van der Waals surface area contributed by atoms with E-state index in [-0.39, 0.29) is 6.04 Å². The van der Waals surface area contributed by atoms with E-state index < -0.39 is 12.0 Å². The molecule has 0 aliphatic rings. The molecule has 0 aromatic heterocycles. The second-order valence-electron chi connectivity index (χ2n) is 5.63. The van der Waals surface area contributed by atoms with Gasteiger partial charge in [0.1, 0.15) is 6.04 Å². The van der Waals surface area contributed by atoms with Crippen molar-refractivity contribution in [2.45, 2.75) is 65.0 Å². The summed E-state index contributed by atoms with van der Waals surface area (Å²) in [4.78, 5) is 11.2. The second-order valence-corrected chi connectivity index (χ2v) is 5.63. The van der Waals surface area contributed by atoms with E-state index in [1.54, 1.807) is 0 Å². The largest absolute Gasteiger partial charge is 0.480 e. The Morgan fingerprint density at radius 2 is 1.90 bits per heavy atom. The Hall–Kier alpha value is -1.35. The average Bonchev–Trinajstić information content (AvgIpc) is 2.42. The summed E-state index contributed by atoms with van der Waals surface area (Å²) >= 11 is 0. The Bertz CT molecular complexity index is 400. The van der Waals surface area contributed by atoms with Crippen LogP contribution in [0.25, 0.3) is 0 Å². The molecule has 0 spiro atoms. The van der Waals surface area contributed by atoms with E-state index in [1.807, 2.05) is 0 Å². The van der Waals surface area contributed by atoms with Crippen LogP contribution in [0.15, 0.2) is 24.3 Å². The van der Waals surface area contributed by atoms with Gasteiger partial charge in [0, 0.05) is 6.04 Å². The molecule has 0 aliphatic heterocycles. The van der Waals surface area contributed by atoms with Gasteiger partial charge >= 0.3 is 5.97 Å². The lowest BCUT2D eigenvalue weighted by Gasteiger charge is -2.20. The molecule has 0 radical (unpaired) electrons. The number of carboxylic acid groups (broad SMARTS) is 1. The minimum Gasteiger partial charge on any atom is -0.480 e. The number of carbonyl (C=O) groups is 1. The normalized spacial score (nSPS) is 13.9. The zero-order valence-corrected chi connectivity index (χ0v) is 12.9. The van der Waals surface area contributed by atoms with Crippen LogP contribution < -0.4 is 5.32 Å². The molecule has 0 heterocycles. The van der Waals surface area contributed by atoms with Crippen LogP contribution in [0.1, 0.15) is 50.7 Å². The van der Waals surface area contributed by atoms with Crippen LogP contribution in [0.2, 0.25) is 0 Å². The zero-order valence-electron chi connectivity index (χ0n) is 12.9. The maximum Gasteiger partial charge on any atom is 0.320 e. The number of hydrogen-bond donors (Lipinski definition) is 2. The van der Waals surface area contributed by atoms with E-state index in [2.05, 4.69) is 50.4 Å². The molecule has 3 nitrogen and oxygen atoms in total. The van der Waals surface area contributed by atoms with Crippen molar-refractivity contribution in [3.8, 4) is 0 Å². The quantitative estimate of drug-likeness (QED) is 0.725. The van der Waals surface area contributed by atoms with E-state index >= 15 is 0 Å². The third-order valence-electron chi connectivity index (χ3n) is 3.62. The van der Waals surface area contributed by atoms with Crippen LogP contribution in [0.5, 0.6) is 0 Å². The highest BCUT2D eigenvalue weighted by atomic mass is 16.4. The van der Waals surface area contributed by atoms with Crippen molar-refractivity contribution in [1.82, 2.24) is 5.32 Å². The Morgan fingerprint density at radius 3 is 2.45 bits per heavy atom. The van der Waals surface area contributed by atoms with Gasteiger partial charge in [0.05, 0.1) is 0 Å². The summed E-state index contributed by atoms with van der Waals surface area (Å²) in [7, 11) is 0. The van der Waals surface area contributed by atoms with Gasteiger partial charge in [0.25, 0.3) is 0 Å². The van der Waals surface area contributed by atoms with Gasteiger partial charge in [-0.25, -0.2) is 0 Å². The summed E-state index contributed by atoms with van der Waals surface area (Å²) in [5.74, 6) is -0.736. The molecule has 112 valence electrons. The van der Waals surface area contributed by atoms with Crippen LogP contribution in [-0.2, 0) is 11.2 Å². The maximum absolute atomic E-state index is 11.2. The Morgan fingerprint density at radius 1 is 1.25 bits per heavy atom. The van der Waals surface area contributed by atoms with Gasteiger partial charge in [-0.05, 0) is 38.7 Å². The van der Waals surface area contributed by atoms with Gasteiger partial charge in [0.2, 0.25) is 0 Å². The molecule has 1 aromatic carbocycles. The fourth-order valence-corrected chi connectivity index (χ4v) is 2.25. The minimum absolute atomic E-state index is 0.217. The monoisotopic (exact) mass is 277 g/mol. The molecule has 0 fully saturated rings. The minimum atomic E-state index is -0.736. The molecule has 3 heteroatoms. The van der Waals surface area contributed by atoms with Gasteiger partial charge in [-0.3, -0.25) is 4.79 Å². The smallest absolute Gasteiger partial charge is 0.320 e. The van der Waals surface area contributed by atoms with Crippen LogP contribution in [0, 0.1) is 6.92 Å². The van der Waals surface area contributed by atoms with E-state index in [1.165, 1.54) is 11.1 Å². The number of hydrogen-bond acceptors (Lipinski definition) is 2. The number of benzene rings is 1. The van der Waals surface area contributed by atoms with Crippen LogP contribution in [-0.4, -0.2) is 23.2 Å². The van der Waals surface area contributed by atoms with Crippen molar-refractivity contribution in [3.63, 3.8) is 0 Å². The summed E-state index contributed by atoms with van der Waals surface area (Å²) in [5, 5.41) is 12.4. The molecular weight excluding hydrogens is 250 g/mol. The fourth-order valence-electron chi connectivity index (χ4n) is 2.25. The van der Waals surface area contributed by atoms with E-state index in [4.69, 9.17) is 0 Å². The van der Waals surface area contributed by atoms with Crippen LogP contribution in [0.4, 0.5) is 0 Å². The Labute approximate surface area is 122 Å². The Balaban J connectivity index is 2.39. The molecule has 2 atom stereocenters. The van der Waals surface area contributed by atoms with Crippen LogP contribution >= 0.6 is 0 Å². The third-order valence-corrected chi connectivity index (χ3v) is 3.62. The fraction of sp³-hybridized carbons (Fsp3) is 0.588. The highest BCUT2D eigenvalue weighted by molar-refractivity contribution is 5.73. The number of aryl methyl sites for hydroxylation is 2. The van der Waals surface area contributed by atoms with Gasteiger partial charge in [-0.2, -0.15) is 0 Å². The van der Waals surface area contributed by atoms with Gasteiger partial charge in [0.15, 0.2) is 0 Å². The molecule has 0 bridgehead atoms. The standard InChI is InChI=1S/C17H27NO2/c1-4-5-6-16(17(19)20)18-14(3)9-12-15-10-7-13(2)8-11-15/h7-8,10-11,14,16,18H,4-6,9,12H2,1-3H3,(H,19,20). The first-order chi connectivity index (χ1) is 9.52. The number of rotatable bonds is 9. The summed E-state index contributed by atoms with van der Waals surface area (Å²) in [6, 6.07) is 8.34. The SMILES string of the molecule is CCCCC(NC(C)CCc1ccc(C)cc1)C(=O)O. The molecule has 0 amide bonds. The van der Waals surface area contributed by atoms with Crippen molar-refractivity contribution < 1.29 is 9.90 Å². The first kappa shape index (κ1) is 16.7. The summed E-state index contributed by atoms with van der Waals surface area (Å²) in [6.45, 7) is 6.23. The highest BCUT2D eigenvalue weighted by Crippen LogP contribution is 2.09. The molecule has 2 unspecified atom stereocenters. The van der Waals surface area contributed by atoms with Gasteiger partial charge in [-0.15, -0.1) is 0 Å². The van der Waals surface area contributed by atoms with Crippen molar-refractivity contribution in [1.29, 1.82) is 0 Å². The zero-order chi connectivity index (χ0) is 15.0. The maximum atomic E-state index is 11.2. The molecule has 0 saturated heterocycles. The number of unbranched alkanes of at least 4 members (excludes halogenated alkanes) is 1. The molecule has 0 saturated carbocycles. The lowest BCUT2D eigenvalue weighted by atomic mass is 10.0. The van der Waals surface area contributed by atoms with Crippen molar-refractivity contribution in [2.24, 2.45) is 0 Å². The molecule has 1 rings (SSSR count). The lowest BCUT2D eigenvalue weighted by Crippen LogP contribution is -2.42. The van der Waals surface area contributed by atoms with Crippen molar-refractivity contribution in [2.75, 3.05) is 0 Å². The predicted octanol–water partition coefficient (Wildman–Crippen LogP) is 3.55. The number of nitrogens with one attached hydrogen (secondary N) is 1. The van der Waals surface area contributed by atoms with Gasteiger partial charge < -0.3 is 10.4 Å². The van der Waals surface area contributed by atoms with Crippen molar-refractivity contribution in [3.05, 3.63) is 35.4 Å². The highest BCUT2D eigenvalue weighted by Gasteiger charge is 2.18. The van der Waals surface area contributed by atoms with E-state index in [0.29, 0.717) is 6.42 Å². The molecule has 2 N–H and O–H groups in total. The summed E-state index contributed by atoms with van der Waals surface area (Å²) < 4.78 is 0. The number of aliphatic carboxylic acids is 1. The molecular formula is C17H27NO2. The first-order valence-corrected chi connectivity index (χ1v) is 7.57. The molecule has 1 aromatic rings. The molecule has 0 aliphatic carbocycles. The molecule has 20 heavy (non-hydrogen) atoms. The topological polar surface area (TPSA) is 49.3 Å². The number of carboxylic acids is 1. The average molecular weight is 277 g/mol. The van der Waals surface area contributed by atoms with E-state index in [0.717, 1.165) is 25.7 Å². The van der Waals surface area contributed by atoms with Crippen molar-refractivity contribution >= 4 is 5.97 Å². The van der Waals surface area contributed by atoms with Crippen LogP contribution in [0.3, 0.4) is 0 Å². The van der Waals surface area contributed by atoms with E-state index in [9.17, 15) is 9.90 Å². The van der Waals surface area contributed by atoms with Gasteiger partial charge in [-0.1, -0.05) is 49.6 Å². The predicted molar refractivity (Wildman–Crippen MR) is 83.0 cm³/mol. The first-order valence-electron chi connectivity index (χ1n) is 7.57. The summed E-state index contributed by atoms with van der Waals surface area (Å²) in [5.41, 5.74) is 2.58. The lowest BCUT2D eigenvalue weighted by molar-refractivity contribution is -0.139. The summed E-state index contributed by atoms with van der Waals surface area (Å²) in [6.07, 6.45) is 4.63.